The summed E-state index contributed by atoms with van der Waals surface area (Å²) in [5.74, 6) is -2.76. The number of benzene rings is 1. The number of hydrogen-bond donors (Lipinski definition) is 2. The van der Waals surface area contributed by atoms with E-state index in [0.717, 1.165) is 5.69 Å². The topological polar surface area (TPSA) is 77.0 Å². The molecule has 1 fully saturated rings. The van der Waals surface area contributed by atoms with E-state index in [1.807, 2.05) is 37.4 Å². The van der Waals surface area contributed by atoms with Gasteiger partial charge in [0.05, 0.1) is 0 Å². The minimum Gasteiger partial charge on any atom is -0.475 e. The first-order chi connectivity index (χ1) is 9.88. The number of rotatable bonds is 1. The standard InChI is InChI=1S/C7H9N.C3H6O3.C2HF3O2/c1-8-7-5-3-2-4-6-7;1-4-2-6-3-5-1;3-2(4,5)1(6)7/h2-6,8H,1H3;1-3H2;(H,6,7). The van der Waals surface area contributed by atoms with E-state index in [4.69, 9.17) is 9.90 Å². The number of alkyl halides is 3. The minimum absolute atomic E-state index is 0.375. The molecule has 0 saturated carbocycles. The second-order valence-corrected chi connectivity index (χ2v) is 3.38. The number of carboxylic acid groups (broad SMARTS) is 1. The van der Waals surface area contributed by atoms with Crippen molar-refractivity contribution in [2.75, 3.05) is 32.7 Å². The summed E-state index contributed by atoms with van der Waals surface area (Å²) in [6, 6.07) is 10.1. The molecule has 21 heavy (non-hydrogen) atoms. The van der Waals surface area contributed by atoms with Crippen LogP contribution in [0.15, 0.2) is 30.3 Å². The molecule has 0 amide bonds. The number of carbonyl (C=O) groups is 1. The maximum absolute atomic E-state index is 10.6. The van der Waals surface area contributed by atoms with Crippen LogP contribution in [-0.4, -0.2) is 44.7 Å². The summed E-state index contributed by atoms with van der Waals surface area (Å²) in [4.78, 5) is 8.90. The Balaban J connectivity index is 0.000000289. The number of anilines is 1. The first-order valence-electron chi connectivity index (χ1n) is 5.64. The first-order valence-corrected chi connectivity index (χ1v) is 5.64. The van der Waals surface area contributed by atoms with Crippen LogP contribution in [-0.2, 0) is 19.0 Å². The van der Waals surface area contributed by atoms with Gasteiger partial charge in [0, 0.05) is 12.7 Å². The van der Waals surface area contributed by atoms with E-state index in [-0.39, 0.29) is 0 Å². The van der Waals surface area contributed by atoms with Crippen molar-refractivity contribution in [2.45, 2.75) is 6.18 Å². The molecular formula is C12H16F3NO5. The third-order valence-electron chi connectivity index (χ3n) is 1.80. The zero-order chi connectivity index (χ0) is 16.1. The number of carboxylic acids is 1. The van der Waals surface area contributed by atoms with Gasteiger partial charge in [0.25, 0.3) is 0 Å². The van der Waals surface area contributed by atoms with Crippen molar-refractivity contribution < 1.29 is 37.3 Å². The summed E-state index contributed by atoms with van der Waals surface area (Å²) in [5, 5.41) is 10.2. The normalized spacial score (nSPS) is 13.9. The van der Waals surface area contributed by atoms with Gasteiger partial charge >= 0.3 is 12.1 Å². The molecule has 2 N–H and O–H groups in total. The van der Waals surface area contributed by atoms with Gasteiger partial charge in [0.1, 0.15) is 0 Å². The van der Waals surface area contributed by atoms with Crippen LogP contribution in [0.3, 0.4) is 0 Å². The van der Waals surface area contributed by atoms with E-state index in [2.05, 4.69) is 19.5 Å². The fraction of sp³-hybridized carbons (Fsp3) is 0.417. The van der Waals surface area contributed by atoms with Crippen LogP contribution in [0.4, 0.5) is 18.9 Å². The zero-order valence-corrected chi connectivity index (χ0v) is 11.2. The molecule has 1 aliphatic heterocycles. The first kappa shape index (κ1) is 19.2. The molecule has 2 rings (SSSR count). The van der Waals surface area contributed by atoms with Crippen molar-refractivity contribution in [3.8, 4) is 0 Å². The van der Waals surface area contributed by atoms with E-state index < -0.39 is 12.1 Å². The van der Waals surface area contributed by atoms with Crippen LogP contribution < -0.4 is 5.32 Å². The highest BCUT2D eigenvalue weighted by atomic mass is 19.4. The molecule has 0 unspecified atom stereocenters. The molecular weight excluding hydrogens is 295 g/mol. The Labute approximate surface area is 119 Å². The van der Waals surface area contributed by atoms with Crippen molar-refractivity contribution in [1.82, 2.24) is 0 Å². The molecule has 1 saturated heterocycles. The predicted octanol–water partition coefficient (Wildman–Crippen LogP) is 2.28. The Hall–Kier alpha value is -1.84. The molecule has 0 atom stereocenters. The van der Waals surface area contributed by atoms with Gasteiger partial charge in [-0.15, -0.1) is 0 Å². The fourth-order valence-electron chi connectivity index (χ4n) is 0.884. The van der Waals surface area contributed by atoms with E-state index in [9.17, 15) is 13.2 Å². The Kier molecular flexibility index (Phi) is 9.94. The molecule has 1 heterocycles. The summed E-state index contributed by atoms with van der Waals surface area (Å²) >= 11 is 0. The Morgan fingerprint density at radius 1 is 1.10 bits per heavy atom. The van der Waals surface area contributed by atoms with Gasteiger partial charge in [-0.1, -0.05) is 18.2 Å². The van der Waals surface area contributed by atoms with Crippen molar-refractivity contribution in [3.63, 3.8) is 0 Å². The molecule has 6 nitrogen and oxygen atoms in total. The maximum atomic E-state index is 10.6. The smallest absolute Gasteiger partial charge is 0.475 e. The lowest BCUT2D eigenvalue weighted by Gasteiger charge is -2.10. The predicted molar refractivity (Wildman–Crippen MR) is 67.5 cm³/mol. The van der Waals surface area contributed by atoms with Gasteiger partial charge in [-0.05, 0) is 12.1 Å². The second kappa shape index (κ2) is 10.9. The molecule has 9 heteroatoms. The second-order valence-electron chi connectivity index (χ2n) is 3.38. The lowest BCUT2D eigenvalue weighted by molar-refractivity contribution is -0.247. The molecule has 0 spiro atoms. The van der Waals surface area contributed by atoms with Crippen LogP contribution >= 0.6 is 0 Å². The average Bonchev–Trinajstić information content (AvgIpc) is 2.50. The molecule has 1 aromatic carbocycles. The minimum atomic E-state index is -5.08. The number of ether oxygens (including phenoxy) is 3. The van der Waals surface area contributed by atoms with Gasteiger partial charge in [-0.25, -0.2) is 4.79 Å². The Morgan fingerprint density at radius 3 is 1.67 bits per heavy atom. The quantitative estimate of drug-likeness (QED) is 0.828. The molecule has 0 aliphatic carbocycles. The summed E-state index contributed by atoms with van der Waals surface area (Å²) < 4.78 is 45.6. The van der Waals surface area contributed by atoms with Crippen LogP contribution in [0.1, 0.15) is 0 Å². The van der Waals surface area contributed by atoms with Crippen LogP contribution in [0.5, 0.6) is 0 Å². The van der Waals surface area contributed by atoms with Crippen LogP contribution in [0.2, 0.25) is 0 Å². The highest BCUT2D eigenvalue weighted by Crippen LogP contribution is 2.13. The number of nitrogens with one attached hydrogen (secondary N) is 1. The summed E-state index contributed by atoms with van der Waals surface area (Å²) in [6.07, 6.45) is -5.08. The largest absolute Gasteiger partial charge is 0.490 e. The molecule has 0 radical (unpaired) electrons. The summed E-state index contributed by atoms with van der Waals surface area (Å²) in [5.41, 5.74) is 1.16. The molecule has 120 valence electrons. The van der Waals surface area contributed by atoms with Crippen LogP contribution in [0, 0.1) is 0 Å². The summed E-state index contributed by atoms with van der Waals surface area (Å²) in [6.45, 7) is 1.12. The molecule has 1 aromatic rings. The van der Waals surface area contributed by atoms with Gasteiger partial charge < -0.3 is 24.6 Å². The number of aliphatic carboxylic acids is 1. The van der Waals surface area contributed by atoms with Gasteiger partial charge in [0.2, 0.25) is 0 Å². The molecule has 1 aliphatic rings. The van der Waals surface area contributed by atoms with Crippen molar-refractivity contribution >= 4 is 11.7 Å². The van der Waals surface area contributed by atoms with Crippen LogP contribution in [0.25, 0.3) is 0 Å². The van der Waals surface area contributed by atoms with Crippen molar-refractivity contribution in [3.05, 3.63) is 30.3 Å². The summed E-state index contributed by atoms with van der Waals surface area (Å²) in [7, 11) is 1.91. The SMILES string of the molecule is C1OCOCO1.CNc1ccccc1.O=C(O)C(F)(F)F. The van der Waals surface area contributed by atoms with Crippen molar-refractivity contribution in [2.24, 2.45) is 0 Å². The number of para-hydroxylation sites is 1. The average molecular weight is 311 g/mol. The highest BCUT2D eigenvalue weighted by Gasteiger charge is 2.38. The number of hydrogen-bond acceptors (Lipinski definition) is 5. The van der Waals surface area contributed by atoms with Gasteiger partial charge in [-0.3, -0.25) is 0 Å². The van der Waals surface area contributed by atoms with E-state index in [0.29, 0.717) is 20.4 Å². The van der Waals surface area contributed by atoms with Gasteiger partial charge in [0.15, 0.2) is 20.4 Å². The van der Waals surface area contributed by atoms with E-state index >= 15 is 0 Å². The number of halogens is 3. The maximum Gasteiger partial charge on any atom is 0.490 e. The third kappa shape index (κ3) is 11.7. The molecule has 0 aromatic heterocycles. The third-order valence-corrected chi connectivity index (χ3v) is 1.80. The highest BCUT2D eigenvalue weighted by molar-refractivity contribution is 5.73. The fourth-order valence-corrected chi connectivity index (χ4v) is 0.884. The molecule has 0 bridgehead atoms. The van der Waals surface area contributed by atoms with E-state index in [1.165, 1.54) is 0 Å². The monoisotopic (exact) mass is 311 g/mol. The van der Waals surface area contributed by atoms with E-state index in [1.54, 1.807) is 0 Å². The Bertz CT molecular complexity index is 371. The van der Waals surface area contributed by atoms with Gasteiger partial charge in [-0.2, -0.15) is 13.2 Å². The zero-order valence-electron chi connectivity index (χ0n) is 11.2. The Morgan fingerprint density at radius 2 is 1.48 bits per heavy atom. The van der Waals surface area contributed by atoms with Crippen molar-refractivity contribution in [1.29, 1.82) is 0 Å². The lowest BCUT2D eigenvalue weighted by atomic mass is 10.3. The lowest BCUT2D eigenvalue weighted by Crippen LogP contribution is -2.21.